The monoisotopic (exact) mass is 409 g/mol. The van der Waals surface area contributed by atoms with E-state index in [0.29, 0.717) is 0 Å². The van der Waals surface area contributed by atoms with Crippen molar-refractivity contribution < 1.29 is 52.7 Å². The van der Waals surface area contributed by atoms with Crippen molar-refractivity contribution in [2.75, 3.05) is 5.32 Å². The maximum absolute atomic E-state index is 13.2. The number of halogens is 3. The van der Waals surface area contributed by atoms with Crippen molar-refractivity contribution >= 4 is 17.6 Å². The minimum absolute atomic E-state index is 0.0584. The number of carbonyl (C=O) groups is 2. The lowest BCUT2D eigenvalue weighted by atomic mass is 9.99. The number of carboxylic acid groups (broad SMARTS) is 1. The van der Waals surface area contributed by atoms with Gasteiger partial charge in [0.1, 0.15) is 18.3 Å². The third-order valence-electron chi connectivity index (χ3n) is 3.95. The number of rotatable bonds is 5. The summed E-state index contributed by atoms with van der Waals surface area (Å²) < 4.78 is 49.5. The zero-order valence-corrected chi connectivity index (χ0v) is 14.4. The Morgan fingerprint density at radius 1 is 1.18 bits per heavy atom. The maximum atomic E-state index is 13.2. The molecule has 0 bridgehead atoms. The van der Waals surface area contributed by atoms with E-state index in [0.717, 1.165) is 18.2 Å². The van der Waals surface area contributed by atoms with Gasteiger partial charge in [0.15, 0.2) is 12.4 Å². The van der Waals surface area contributed by atoms with Gasteiger partial charge in [-0.05, 0) is 23.8 Å². The molecule has 1 aromatic rings. The quantitative estimate of drug-likeness (QED) is 0.459. The second-order valence-corrected chi connectivity index (χ2v) is 6.10. The van der Waals surface area contributed by atoms with Gasteiger partial charge in [-0.25, -0.2) is 4.79 Å². The topological polar surface area (TPSA) is 146 Å². The van der Waals surface area contributed by atoms with Gasteiger partial charge in [-0.15, -0.1) is 0 Å². The molecule has 0 aliphatic carbocycles. The lowest BCUT2D eigenvalue weighted by molar-refractivity contribution is -0.297. The first-order chi connectivity index (χ1) is 12.9. The molecule has 156 valence electrons. The SMILES string of the molecule is CC(=O)Nc1ccc(C(F)(F)F)c(CO[C@@H]2O[C@H](C(=O)O)[C@@H](O)[C@H](O)[C@H]2O)c1. The number of nitrogens with one attached hydrogen (secondary N) is 1. The first-order valence-corrected chi connectivity index (χ1v) is 7.93. The lowest BCUT2D eigenvalue weighted by Crippen LogP contribution is -2.60. The Labute approximate surface area is 156 Å². The highest BCUT2D eigenvalue weighted by molar-refractivity contribution is 5.88. The molecule has 1 aliphatic heterocycles. The molecule has 1 aromatic carbocycles. The number of carbonyl (C=O) groups excluding carboxylic acids is 1. The summed E-state index contributed by atoms with van der Waals surface area (Å²) in [7, 11) is 0. The van der Waals surface area contributed by atoms with Crippen molar-refractivity contribution in [2.45, 2.75) is 50.4 Å². The summed E-state index contributed by atoms with van der Waals surface area (Å²) in [6, 6.07) is 2.76. The number of anilines is 1. The van der Waals surface area contributed by atoms with E-state index in [1.54, 1.807) is 0 Å². The Morgan fingerprint density at radius 3 is 2.36 bits per heavy atom. The molecular formula is C16H18F3NO8. The molecular weight excluding hydrogens is 391 g/mol. The first-order valence-electron chi connectivity index (χ1n) is 7.93. The maximum Gasteiger partial charge on any atom is 0.416 e. The van der Waals surface area contributed by atoms with Crippen LogP contribution in [0.2, 0.25) is 0 Å². The van der Waals surface area contributed by atoms with Crippen molar-refractivity contribution in [1.82, 2.24) is 0 Å². The second-order valence-electron chi connectivity index (χ2n) is 6.10. The minimum Gasteiger partial charge on any atom is -0.479 e. The number of benzene rings is 1. The van der Waals surface area contributed by atoms with E-state index < -0.39 is 66.5 Å². The number of ether oxygens (including phenoxy) is 2. The van der Waals surface area contributed by atoms with Crippen LogP contribution >= 0.6 is 0 Å². The predicted octanol–water partition coefficient (Wildman–Crippen LogP) is 0.0726. The number of hydrogen-bond donors (Lipinski definition) is 5. The standard InChI is InChI=1S/C16H18F3NO8/c1-6(21)20-8-2-3-9(16(17,18)19)7(4-8)5-27-15-12(24)10(22)11(23)13(28-15)14(25)26/h2-4,10-13,15,22-24H,5H2,1H3,(H,20,21)(H,25,26)/t10-,11-,12+,13-,15+/m0/s1. The molecule has 9 nitrogen and oxygen atoms in total. The molecule has 28 heavy (non-hydrogen) atoms. The van der Waals surface area contributed by atoms with Crippen LogP contribution in [0.5, 0.6) is 0 Å². The molecule has 1 fully saturated rings. The van der Waals surface area contributed by atoms with Crippen LogP contribution in [0.15, 0.2) is 18.2 Å². The second kappa shape index (κ2) is 8.41. The third kappa shape index (κ3) is 4.97. The summed E-state index contributed by atoms with van der Waals surface area (Å²) in [6.45, 7) is 0.373. The van der Waals surface area contributed by atoms with Crippen molar-refractivity contribution in [1.29, 1.82) is 0 Å². The largest absolute Gasteiger partial charge is 0.479 e. The summed E-state index contributed by atoms with van der Waals surface area (Å²) in [5.41, 5.74) is -1.45. The number of carboxylic acids is 1. The molecule has 1 saturated heterocycles. The summed E-state index contributed by atoms with van der Waals surface area (Å²) >= 11 is 0. The fourth-order valence-corrected chi connectivity index (χ4v) is 2.63. The van der Waals surface area contributed by atoms with Crippen molar-refractivity contribution in [3.63, 3.8) is 0 Å². The Bertz CT molecular complexity index is 741. The molecule has 12 heteroatoms. The van der Waals surface area contributed by atoms with Gasteiger partial charge in [-0.2, -0.15) is 13.2 Å². The Balaban J connectivity index is 2.24. The van der Waals surface area contributed by atoms with E-state index in [2.05, 4.69) is 5.32 Å². The number of hydrogen-bond acceptors (Lipinski definition) is 7. The third-order valence-corrected chi connectivity index (χ3v) is 3.95. The molecule has 0 unspecified atom stereocenters. The van der Waals surface area contributed by atoms with E-state index in [1.165, 1.54) is 6.92 Å². The Morgan fingerprint density at radius 2 is 1.82 bits per heavy atom. The minimum atomic E-state index is -4.75. The van der Waals surface area contributed by atoms with Gasteiger partial charge < -0.3 is 35.2 Å². The molecule has 1 amide bonds. The highest BCUT2D eigenvalue weighted by Crippen LogP contribution is 2.34. The van der Waals surface area contributed by atoms with Crippen molar-refractivity contribution in [3.05, 3.63) is 29.3 Å². The van der Waals surface area contributed by atoms with E-state index in [-0.39, 0.29) is 5.69 Å². The zero-order valence-electron chi connectivity index (χ0n) is 14.4. The normalized spacial score (nSPS) is 28.0. The van der Waals surface area contributed by atoms with Crippen LogP contribution < -0.4 is 5.32 Å². The fourth-order valence-electron chi connectivity index (χ4n) is 2.63. The van der Waals surface area contributed by atoms with Gasteiger partial charge in [-0.1, -0.05) is 0 Å². The zero-order chi connectivity index (χ0) is 21.2. The van der Waals surface area contributed by atoms with Crippen LogP contribution in [-0.4, -0.2) is 63.0 Å². The number of aliphatic hydroxyl groups is 3. The highest BCUT2D eigenvalue weighted by atomic mass is 19.4. The molecule has 0 saturated carbocycles. The van der Waals surface area contributed by atoms with Gasteiger partial charge in [-0.3, -0.25) is 4.79 Å². The molecule has 5 N–H and O–H groups in total. The van der Waals surface area contributed by atoms with E-state index in [4.69, 9.17) is 14.6 Å². The van der Waals surface area contributed by atoms with Gasteiger partial charge in [0.2, 0.25) is 5.91 Å². The van der Waals surface area contributed by atoms with Crippen LogP contribution in [-0.2, 0) is 31.8 Å². The van der Waals surface area contributed by atoms with Crippen LogP contribution in [0.1, 0.15) is 18.1 Å². The summed E-state index contributed by atoms with van der Waals surface area (Å²) in [5, 5.41) is 40.4. The lowest BCUT2D eigenvalue weighted by Gasteiger charge is -2.38. The highest BCUT2D eigenvalue weighted by Gasteiger charge is 2.47. The van der Waals surface area contributed by atoms with Crippen molar-refractivity contribution in [3.8, 4) is 0 Å². The summed E-state index contributed by atoms with van der Waals surface area (Å²) in [6.07, 6.45) is -14.3. The summed E-state index contributed by atoms with van der Waals surface area (Å²) in [4.78, 5) is 22.1. The van der Waals surface area contributed by atoms with E-state index >= 15 is 0 Å². The van der Waals surface area contributed by atoms with Crippen LogP contribution in [0.4, 0.5) is 18.9 Å². The molecule has 1 aliphatic rings. The molecule has 1 heterocycles. The molecule has 0 aromatic heterocycles. The van der Waals surface area contributed by atoms with Gasteiger partial charge in [0.25, 0.3) is 0 Å². The number of amides is 1. The number of aliphatic carboxylic acids is 1. The van der Waals surface area contributed by atoms with E-state index in [9.17, 15) is 38.1 Å². The van der Waals surface area contributed by atoms with Crippen molar-refractivity contribution in [2.24, 2.45) is 0 Å². The average Bonchev–Trinajstić information content (AvgIpc) is 2.57. The number of aliphatic hydroxyl groups excluding tert-OH is 3. The Hall–Kier alpha value is -2.25. The first kappa shape index (κ1) is 22.0. The van der Waals surface area contributed by atoms with E-state index in [1.807, 2.05) is 0 Å². The molecule has 0 radical (unpaired) electrons. The van der Waals surface area contributed by atoms with Gasteiger partial charge >= 0.3 is 12.1 Å². The van der Waals surface area contributed by atoms with Crippen LogP contribution in [0.3, 0.4) is 0 Å². The molecule has 0 spiro atoms. The molecule has 5 atom stereocenters. The Kier molecular flexibility index (Phi) is 6.62. The van der Waals surface area contributed by atoms with Crippen LogP contribution in [0.25, 0.3) is 0 Å². The number of alkyl halides is 3. The van der Waals surface area contributed by atoms with Crippen LogP contribution in [0, 0.1) is 0 Å². The fraction of sp³-hybridized carbons (Fsp3) is 0.500. The molecule has 2 rings (SSSR count). The smallest absolute Gasteiger partial charge is 0.416 e. The van der Waals surface area contributed by atoms with Gasteiger partial charge in [0.05, 0.1) is 12.2 Å². The summed E-state index contributed by atoms with van der Waals surface area (Å²) in [5.74, 6) is -2.17. The van der Waals surface area contributed by atoms with Gasteiger partial charge in [0, 0.05) is 12.6 Å². The predicted molar refractivity (Wildman–Crippen MR) is 84.9 cm³/mol. The average molecular weight is 409 g/mol.